The van der Waals surface area contributed by atoms with E-state index in [1.807, 2.05) is 12.1 Å². The van der Waals surface area contributed by atoms with Gasteiger partial charge < -0.3 is 15.2 Å². The first-order valence-corrected chi connectivity index (χ1v) is 6.26. The van der Waals surface area contributed by atoms with Crippen LogP contribution in [0.1, 0.15) is 30.5 Å². The van der Waals surface area contributed by atoms with Crippen molar-refractivity contribution < 1.29 is 9.84 Å². The fourth-order valence-corrected chi connectivity index (χ4v) is 2.55. The molecule has 2 unspecified atom stereocenters. The Bertz CT molecular complexity index is 378. The highest BCUT2D eigenvalue weighted by Gasteiger charge is 2.24. The maximum absolute atomic E-state index is 9.61. The Kier molecular flexibility index (Phi) is 4.02. The van der Waals surface area contributed by atoms with Gasteiger partial charge in [0.1, 0.15) is 5.75 Å². The van der Waals surface area contributed by atoms with E-state index in [9.17, 15) is 5.11 Å². The van der Waals surface area contributed by atoms with Crippen molar-refractivity contribution in [3.05, 3.63) is 29.3 Å². The summed E-state index contributed by atoms with van der Waals surface area (Å²) in [4.78, 5) is 0. The lowest BCUT2D eigenvalue weighted by molar-refractivity contribution is 0.169. The molecule has 0 saturated carbocycles. The Hall–Kier alpha value is -1.06. The van der Waals surface area contributed by atoms with Gasteiger partial charge in [0.2, 0.25) is 0 Å². The van der Waals surface area contributed by atoms with Crippen molar-refractivity contribution in [3.8, 4) is 5.75 Å². The number of benzene rings is 1. The van der Waals surface area contributed by atoms with E-state index in [0.29, 0.717) is 17.7 Å². The van der Waals surface area contributed by atoms with Crippen LogP contribution in [0.5, 0.6) is 5.75 Å². The van der Waals surface area contributed by atoms with Gasteiger partial charge in [0.05, 0.1) is 0 Å². The topological polar surface area (TPSA) is 41.5 Å². The van der Waals surface area contributed by atoms with E-state index >= 15 is 0 Å². The molecule has 0 aromatic heterocycles. The summed E-state index contributed by atoms with van der Waals surface area (Å²) in [5.41, 5.74) is 2.61. The zero-order chi connectivity index (χ0) is 12.3. The van der Waals surface area contributed by atoms with Crippen LogP contribution in [0.15, 0.2) is 18.2 Å². The first-order chi connectivity index (χ1) is 8.22. The van der Waals surface area contributed by atoms with Gasteiger partial charge in [-0.1, -0.05) is 13.0 Å². The molecule has 17 heavy (non-hydrogen) atoms. The number of nitrogens with one attached hydrogen (secondary N) is 1. The van der Waals surface area contributed by atoms with Crippen molar-refractivity contribution in [2.75, 3.05) is 20.3 Å². The smallest absolute Gasteiger partial charge is 0.115 e. The van der Waals surface area contributed by atoms with Crippen LogP contribution < -0.4 is 5.32 Å². The standard InChI is InChI=1S/C14H21NO2/c1-10(6-8-17-2)14-13-9-12(16)4-3-11(13)5-7-15-14/h3-4,9-10,14-16H,5-8H2,1-2H3. The molecule has 2 N–H and O–H groups in total. The Morgan fingerprint density at radius 3 is 3.12 bits per heavy atom. The third-order valence-electron chi connectivity index (χ3n) is 3.57. The summed E-state index contributed by atoms with van der Waals surface area (Å²) in [6.45, 7) is 4.03. The zero-order valence-electron chi connectivity index (χ0n) is 10.6. The highest BCUT2D eigenvalue weighted by molar-refractivity contribution is 5.38. The molecule has 0 radical (unpaired) electrons. The van der Waals surface area contributed by atoms with E-state index in [4.69, 9.17) is 4.74 Å². The molecule has 1 aliphatic rings. The van der Waals surface area contributed by atoms with E-state index in [1.165, 1.54) is 11.1 Å². The van der Waals surface area contributed by atoms with Crippen molar-refractivity contribution in [1.29, 1.82) is 0 Å². The Morgan fingerprint density at radius 1 is 1.53 bits per heavy atom. The lowest BCUT2D eigenvalue weighted by atomic mass is 9.85. The predicted molar refractivity (Wildman–Crippen MR) is 68.2 cm³/mol. The van der Waals surface area contributed by atoms with Crippen LogP contribution in [0.3, 0.4) is 0 Å². The number of hydrogen-bond acceptors (Lipinski definition) is 3. The van der Waals surface area contributed by atoms with Crippen LogP contribution >= 0.6 is 0 Å². The molecule has 1 aromatic carbocycles. The number of aromatic hydroxyl groups is 1. The molecule has 0 fully saturated rings. The van der Waals surface area contributed by atoms with Gasteiger partial charge in [-0.05, 0) is 48.6 Å². The highest BCUT2D eigenvalue weighted by Crippen LogP contribution is 2.32. The molecule has 1 aromatic rings. The monoisotopic (exact) mass is 235 g/mol. The average Bonchev–Trinajstić information content (AvgIpc) is 2.35. The van der Waals surface area contributed by atoms with Crippen LogP contribution in [0.25, 0.3) is 0 Å². The highest BCUT2D eigenvalue weighted by atomic mass is 16.5. The third kappa shape index (κ3) is 2.79. The summed E-state index contributed by atoms with van der Waals surface area (Å²) in [5, 5.41) is 13.2. The first kappa shape index (κ1) is 12.4. The second kappa shape index (κ2) is 5.52. The maximum Gasteiger partial charge on any atom is 0.115 e. The van der Waals surface area contributed by atoms with Crippen molar-refractivity contribution in [2.45, 2.75) is 25.8 Å². The molecular formula is C14H21NO2. The number of phenolic OH excluding ortho intramolecular Hbond substituents is 1. The number of phenols is 1. The molecule has 2 rings (SSSR count). The largest absolute Gasteiger partial charge is 0.508 e. The summed E-state index contributed by atoms with van der Waals surface area (Å²) in [6, 6.07) is 6.05. The van der Waals surface area contributed by atoms with E-state index in [2.05, 4.69) is 12.2 Å². The Labute approximate surface area is 103 Å². The lowest BCUT2D eigenvalue weighted by Gasteiger charge is -2.31. The van der Waals surface area contributed by atoms with Crippen molar-refractivity contribution in [3.63, 3.8) is 0 Å². The third-order valence-corrected chi connectivity index (χ3v) is 3.57. The fourth-order valence-electron chi connectivity index (χ4n) is 2.55. The minimum absolute atomic E-state index is 0.334. The van der Waals surface area contributed by atoms with Crippen LogP contribution in [0.4, 0.5) is 0 Å². The molecule has 0 spiro atoms. The average molecular weight is 235 g/mol. The summed E-state index contributed by atoms with van der Waals surface area (Å²) < 4.78 is 5.14. The second-order valence-electron chi connectivity index (χ2n) is 4.82. The summed E-state index contributed by atoms with van der Waals surface area (Å²) in [7, 11) is 1.74. The Balaban J connectivity index is 2.18. The van der Waals surface area contributed by atoms with Gasteiger partial charge in [0, 0.05) is 19.8 Å². The molecule has 1 aliphatic heterocycles. The van der Waals surface area contributed by atoms with Gasteiger partial charge in [0.25, 0.3) is 0 Å². The van der Waals surface area contributed by atoms with Gasteiger partial charge >= 0.3 is 0 Å². The minimum Gasteiger partial charge on any atom is -0.508 e. The molecule has 0 aliphatic carbocycles. The molecule has 3 nitrogen and oxygen atoms in total. The first-order valence-electron chi connectivity index (χ1n) is 6.26. The molecule has 94 valence electrons. The number of methoxy groups -OCH3 is 1. The summed E-state index contributed by atoms with van der Waals surface area (Å²) in [5.74, 6) is 0.868. The number of hydrogen-bond donors (Lipinski definition) is 2. The van der Waals surface area contributed by atoms with Gasteiger partial charge in [0.15, 0.2) is 0 Å². The predicted octanol–water partition coefficient (Wildman–Crippen LogP) is 2.25. The van der Waals surface area contributed by atoms with Crippen LogP contribution in [0.2, 0.25) is 0 Å². The molecule has 0 bridgehead atoms. The van der Waals surface area contributed by atoms with E-state index in [0.717, 1.165) is 26.0 Å². The molecule has 2 atom stereocenters. The van der Waals surface area contributed by atoms with Gasteiger partial charge in [-0.25, -0.2) is 0 Å². The van der Waals surface area contributed by atoms with Gasteiger partial charge in [-0.3, -0.25) is 0 Å². The lowest BCUT2D eigenvalue weighted by Crippen LogP contribution is -2.34. The van der Waals surface area contributed by atoms with Crippen molar-refractivity contribution in [1.82, 2.24) is 5.32 Å². The van der Waals surface area contributed by atoms with Crippen molar-refractivity contribution >= 4 is 0 Å². The van der Waals surface area contributed by atoms with Crippen LogP contribution in [0, 0.1) is 5.92 Å². The maximum atomic E-state index is 9.61. The van der Waals surface area contributed by atoms with Crippen molar-refractivity contribution in [2.24, 2.45) is 5.92 Å². The summed E-state index contributed by atoms with van der Waals surface area (Å²) >= 11 is 0. The van der Waals surface area contributed by atoms with Gasteiger partial charge in [-0.2, -0.15) is 0 Å². The normalized spacial score (nSPS) is 20.9. The van der Waals surface area contributed by atoms with E-state index in [1.54, 1.807) is 13.2 Å². The van der Waals surface area contributed by atoms with Gasteiger partial charge in [-0.15, -0.1) is 0 Å². The van der Waals surface area contributed by atoms with E-state index in [-0.39, 0.29) is 0 Å². The fraction of sp³-hybridized carbons (Fsp3) is 0.571. The molecule has 3 heteroatoms. The van der Waals surface area contributed by atoms with E-state index < -0.39 is 0 Å². The summed E-state index contributed by atoms with van der Waals surface area (Å²) in [6.07, 6.45) is 2.08. The second-order valence-corrected chi connectivity index (χ2v) is 4.82. The van der Waals surface area contributed by atoms with Crippen LogP contribution in [-0.2, 0) is 11.2 Å². The quantitative estimate of drug-likeness (QED) is 0.841. The molecule has 0 amide bonds. The number of ether oxygens (including phenoxy) is 1. The Morgan fingerprint density at radius 2 is 2.35 bits per heavy atom. The molecule has 0 saturated heterocycles. The minimum atomic E-state index is 0.334. The number of rotatable bonds is 4. The zero-order valence-corrected chi connectivity index (χ0v) is 10.6. The molecular weight excluding hydrogens is 214 g/mol. The molecule has 1 heterocycles. The number of fused-ring (bicyclic) bond motifs is 1. The SMILES string of the molecule is COCCC(C)C1NCCc2ccc(O)cc21. The van der Waals surface area contributed by atoms with Crippen LogP contribution in [-0.4, -0.2) is 25.4 Å².